The van der Waals surface area contributed by atoms with Crippen molar-refractivity contribution >= 4 is 6.09 Å². The van der Waals surface area contributed by atoms with Gasteiger partial charge in [-0.1, -0.05) is 26.2 Å². The van der Waals surface area contributed by atoms with Crippen LogP contribution in [0.1, 0.15) is 39.5 Å². The second-order valence-corrected chi connectivity index (χ2v) is 2.96. The predicted octanol–water partition coefficient (Wildman–Crippen LogP) is 1.90. The van der Waals surface area contributed by atoms with E-state index < -0.39 is 6.09 Å². The van der Waals surface area contributed by atoms with Crippen LogP contribution in [0.4, 0.5) is 4.79 Å². The molecule has 0 aromatic heterocycles. The van der Waals surface area contributed by atoms with Crippen molar-refractivity contribution in [3.63, 3.8) is 0 Å². The van der Waals surface area contributed by atoms with E-state index in [0.29, 0.717) is 13.2 Å². The van der Waals surface area contributed by atoms with Gasteiger partial charge in [-0.2, -0.15) is 0 Å². The molecule has 0 heterocycles. The standard InChI is InChI=1S/C9H20N2O2/c1-3-5-6-7-8-13-9(12)11(10)4-2/h3-8,10H2,1-2H3. The zero-order chi connectivity index (χ0) is 10.1. The fourth-order valence-electron chi connectivity index (χ4n) is 0.900. The normalized spacial score (nSPS) is 9.77. The minimum atomic E-state index is -0.431. The van der Waals surface area contributed by atoms with E-state index in [1.54, 1.807) is 6.92 Å². The van der Waals surface area contributed by atoms with Gasteiger partial charge in [-0.05, 0) is 13.3 Å². The topological polar surface area (TPSA) is 55.6 Å². The molecule has 78 valence electrons. The average Bonchev–Trinajstić information content (AvgIpc) is 2.16. The quantitative estimate of drug-likeness (QED) is 0.300. The Kier molecular flexibility index (Phi) is 7.39. The summed E-state index contributed by atoms with van der Waals surface area (Å²) in [4.78, 5) is 11.0. The van der Waals surface area contributed by atoms with E-state index >= 15 is 0 Å². The van der Waals surface area contributed by atoms with Crippen LogP contribution >= 0.6 is 0 Å². The Morgan fingerprint density at radius 1 is 1.31 bits per heavy atom. The van der Waals surface area contributed by atoms with Crippen molar-refractivity contribution < 1.29 is 9.53 Å². The highest BCUT2D eigenvalue weighted by Crippen LogP contribution is 1.99. The van der Waals surface area contributed by atoms with Crippen LogP contribution in [-0.4, -0.2) is 24.3 Å². The predicted molar refractivity (Wildman–Crippen MR) is 52.1 cm³/mol. The third kappa shape index (κ3) is 6.40. The summed E-state index contributed by atoms with van der Waals surface area (Å²) < 4.78 is 4.90. The van der Waals surface area contributed by atoms with Gasteiger partial charge in [0.25, 0.3) is 0 Å². The number of unbranched alkanes of at least 4 members (excludes halogenated alkanes) is 3. The van der Waals surface area contributed by atoms with Gasteiger partial charge in [-0.3, -0.25) is 0 Å². The van der Waals surface area contributed by atoms with Crippen LogP contribution in [0.5, 0.6) is 0 Å². The average molecular weight is 188 g/mol. The molecular weight excluding hydrogens is 168 g/mol. The highest BCUT2D eigenvalue weighted by atomic mass is 16.6. The molecule has 0 rings (SSSR count). The molecule has 13 heavy (non-hydrogen) atoms. The summed E-state index contributed by atoms with van der Waals surface area (Å²) in [5.41, 5.74) is 0. The van der Waals surface area contributed by atoms with Crippen molar-refractivity contribution in [3.05, 3.63) is 0 Å². The van der Waals surface area contributed by atoms with Gasteiger partial charge in [0.15, 0.2) is 0 Å². The number of ether oxygens (including phenoxy) is 1. The van der Waals surface area contributed by atoms with Crippen molar-refractivity contribution in [2.45, 2.75) is 39.5 Å². The summed E-state index contributed by atoms with van der Waals surface area (Å²) in [6.07, 6.45) is 3.99. The molecule has 1 amide bonds. The lowest BCUT2D eigenvalue weighted by molar-refractivity contribution is 0.103. The Labute approximate surface area is 80.0 Å². The summed E-state index contributed by atoms with van der Waals surface area (Å²) >= 11 is 0. The van der Waals surface area contributed by atoms with Gasteiger partial charge in [-0.25, -0.2) is 15.6 Å². The first-order valence-corrected chi connectivity index (χ1v) is 4.91. The van der Waals surface area contributed by atoms with E-state index in [1.165, 1.54) is 12.8 Å². The number of hydrogen-bond donors (Lipinski definition) is 1. The number of nitrogens with two attached hydrogens (primary N) is 1. The fourth-order valence-corrected chi connectivity index (χ4v) is 0.900. The van der Waals surface area contributed by atoms with E-state index in [0.717, 1.165) is 17.9 Å². The molecule has 2 N–H and O–H groups in total. The summed E-state index contributed by atoms with van der Waals surface area (Å²) in [5.74, 6) is 5.32. The third-order valence-electron chi connectivity index (χ3n) is 1.80. The van der Waals surface area contributed by atoms with Gasteiger partial charge in [0, 0.05) is 6.54 Å². The Balaban J connectivity index is 3.27. The molecule has 0 spiro atoms. The van der Waals surface area contributed by atoms with Crippen molar-refractivity contribution in [3.8, 4) is 0 Å². The molecule has 0 aromatic carbocycles. The number of carbonyl (C=O) groups is 1. The molecule has 0 aromatic rings. The molecule has 4 nitrogen and oxygen atoms in total. The van der Waals surface area contributed by atoms with Gasteiger partial charge in [-0.15, -0.1) is 0 Å². The highest BCUT2D eigenvalue weighted by Gasteiger charge is 2.06. The zero-order valence-electron chi connectivity index (χ0n) is 8.58. The van der Waals surface area contributed by atoms with Gasteiger partial charge in [0.1, 0.15) is 0 Å². The molecule has 0 atom stereocenters. The Morgan fingerprint density at radius 3 is 2.54 bits per heavy atom. The minimum absolute atomic E-state index is 0.431. The summed E-state index contributed by atoms with van der Waals surface area (Å²) in [6.45, 7) is 4.91. The molecule has 0 saturated heterocycles. The number of amides is 1. The first-order chi connectivity index (χ1) is 6.22. The largest absolute Gasteiger partial charge is 0.448 e. The highest BCUT2D eigenvalue weighted by molar-refractivity contribution is 5.66. The second-order valence-electron chi connectivity index (χ2n) is 2.96. The van der Waals surface area contributed by atoms with Gasteiger partial charge in [0.2, 0.25) is 0 Å². The first kappa shape index (κ1) is 12.2. The monoisotopic (exact) mass is 188 g/mol. The third-order valence-corrected chi connectivity index (χ3v) is 1.80. The fraction of sp³-hybridized carbons (Fsp3) is 0.889. The van der Waals surface area contributed by atoms with E-state index in [-0.39, 0.29) is 0 Å². The summed E-state index contributed by atoms with van der Waals surface area (Å²) in [7, 11) is 0. The van der Waals surface area contributed by atoms with Crippen molar-refractivity contribution in [1.29, 1.82) is 0 Å². The number of carbonyl (C=O) groups excluding carboxylic acids is 1. The number of nitrogens with zero attached hydrogens (tertiary/aromatic N) is 1. The SMILES string of the molecule is CCCCCCOC(=O)N(N)CC. The van der Waals surface area contributed by atoms with Gasteiger partial charge < -0.3 is 4.74 Å². The van der Waals surface area contributed by atoms with Crippen LogP contribution in [0, 0.1) is 0 Å². The van der Waals surface area contributed by atoms with Crippen LogP contribution in [0.3, 0.4) is 0 Å². The van der Waals surface area contributed by atoms with Gasteiger partial charge >= 0.3 is 6.09 Å². The first-order valence-electron chi connectivity index (χ1n) is 4.91. The molecule has 0 unspecified atom stereocenters. The Bertz CT molecular complexity index is 140. The molecule has 0 radical (unpaired) electrons. The number of hydrazine groups is 1. The Hall–Kier alpha value is -0.770. The lowest BCUT2D eigenvalue weighted by atomic mass is 10.2. The van der Waals surface area contributed by atoms with Crippen LogP contribution < -0.4 is 5.84 Å². The Morgan fingerprint density at radius 2 is 2.00 bits per heavy atom. The molecule has 0 aliphatic heterocycles. The van der Waals surface area contributed by atoms with Crippen molar-refractivity contribution in [2.24, 2.45) is 5.84 Å². The zero-order valence-corrected chi connectivity index (χ0v) is 8.58. The van der Waals surface area contributed by atoms with Crippen LogP contribution in [-0.2, 0) is 4.74 Å². The molecular formula is C9H20N2O2. The molecule has 0 bridgehead atoms. The molecule has 4 heteroatoms. The van der Waals surface area contributed by atoms with E-state index in [2.05, 4.69) is 6.92 Å². The maximum absolute atomic E-state index is 11.0. The number of rotatable bonds is 6. The van der Waals surface area contributed by atoms with Crippen LogP contribution in [0.2, 0.25) is 0 Å². The van der Waals surface area contributed by atoms with Crippen LogP contribution in [0.15, 0.2) is 0 Å². The van der Waals surface area contributed by atoms with E-state index in [4.69, 9.17) is 10.6 Å². The maximum Gasteiger partial charge on any atom is 0.424 e. The van der Waals surface area contributed by atoms with Crippen molar-refractivity contribution in [1.82, 2.24) is 5.01 Å². The number of hydrogen-bond acceptors (Lipinski definition) is 3. The van der Waals surface area contributed by atoms with Gasteiger partial charge in [0.05, 0.1) is 6.61 Å². The molecule has 0 aliphatic carbocycles. The summed E-state index contributed by atoms with van der Waals surface area (Å²) in [6, 6.07) is 0. The minimum Gasteiger partial charge on any atom is -0.448 e. The van der Waals surface area contributed by atoms with E-state index in [9.17, 15) is 4.79 Å². The van der Waals surface area contributed by atoms with Crippen LogP contribution in [0.25, 0.3) is 0 Å². The second kappa shape index (κ2) is 7.86. The van der Waals surface area contributed by atoms with E-state index in [1.807, 2.05) is 0 Å². The molecule has 0 fully saturated rings. The lowest BCUT2D eigenvalue weighted by Crippen LogP contribution is -2.37. The maximum atomic E-state index is 11.0. The molecule has 0 aliphatic rings. The van der Waals surface area contributed by atoms with Crippen molar-refractivity contribution in [2.75, 3.05) is 13.2 Å². The summed E-state index contributed by atoms with van der Waals surface area (Å²) in [5, 5.41) is 1.07. The lowest BCUT2D eigenvalue weighted by Gasteiger charge is -2.13. The smallest absolute Gasteiger partial charge is 0.424 e. The molecule has 0 saturated carbocycles.